The summed E-state index contributed by atoms with van der Waals surface area (Å²) < 4.78 is 32.8. The monoisotopic (exact) mass is 1170 g/mol. The predicted molar refractivity (Wildman–Crippen MR) is 324 cm³/mol. The number of benzene rings is 6. The minimum Gasteiger partial charge on any atom is -0.462 e. The zero-order valence-electron chi connectivity index (χ0n) is 45.1. The Morgan fingerprint density at radius 3 is 0.988 bits per heavy atom. The average molecular weight is 1170 g/mol. The van der Waals surface area contributed by atoms with Gasteiger partial charge in [0.15, 0.2) is 0 Å². The molecule has 0 radical (unpaired) electrons. The van der Waals surface area contributed by atoms with Crippen molar-refractivity contribution in [3.63, 3.8) is 0 Å². The van der Waals surface area contributed by atoms with Crippen molar-refractivity contribution >= 4 is 83.4 Å². The molecule has 7 aliphatic heterocycles. The van der Waals surface area contributed by atoms with Gasteiger partial charge < -0.3 is 27.3 Å². The molecule has 7 aliphatic rings. The molecule has 6 aromatic rings. The highest BCUT2D eigenvalue weighted by molar-refractivity contribution is 8.01. The van der Waals surface area contributed by atoms with Gasteiger partial charge in [0.25, 0.3) is 0 Å². The Kier molecular flexibility index (Phi) is 25.1. The lowest BCUT2D eigenvalue weighted by Gasteiger charge is -2.06. The molecule has 416 valence electrons. The molecule has 0 saturated heterocycles. The molecule has 0 spiro atoms. The van der Waals surface area contributed by atoms with Gasteiger partial charge in [0.1, 0.15) is 13.2 Å². The molecule has 0 aromatic heterocycles. The largest absolute Gasteiger partial charge is 0.462 e. The summed E-state index contributed by atoms with van der Waals surface area (Å²) in [6.45, 7) is 4.97. The van der Waals surface area contributed by atoms with Crippen molar-refractivity contribution in [3.8, 4) is 47.4 Å². The van der Waals surface area contributed by atoms with Gasteiger partial charge in [0.05, 0.1) is 70.7 Å². The summed E-state index contributed by atoms with van der Waals surface area (Å²) in [6, 6.07) is 37.0. The fraction of sp³-hybridized carbons (Fsp3) is 0.242. The third-order valence-corrected chi connectivity index (χ3v) is 15.2. The number of rotatable bonds is 8. The Balaban J connectivity index is 1.01. The Labute approximate surface area is 495 Å². The molecule has 0 unspecified atom stereocenters. The van der Waals surface area contributed by atoms with Crippen molar-refractivity contribution in [2.75, 3.05) is 60.9 Å². The van der Waals surface area contributed by atoms with Gasteiger partial charge in [0, 0.05) is 79.0 Å². The van der Waals surface area contributed by atoms with Crippen LogP contribution in [0.25, 0.3) is 0 Å². The lowest BCUT2D eigenvalue weighted by molar-refractivity contribution is 0.0490. The number of carbonyl (C=O) groups is 6. The van der Waals surface area contributed by atoms with Crippen LogP contribution < -0.4 is 0 Å². The number of unbranched alkanes of at least 4 members (excludes halogenated alkanes) is 2. The van der Waals surface area contributed by atoms with Crippen LogP contribution in [0.2, 0.25) is 0 Å². The molecule has 0 fully saturated rings. The van der Waals surface area contributed by atoms with Crippen LogP contribution in [0.4, 0.5) is 0 Å². The van der Waals surface area contributed by atoms with Gasteiger partial charge in [-0.1, -0.05) is 74.1 Å². The van der Waals surface area contributed by atoms with Crippen LogP contribution in [0.5, 0.6) is 0 Å². The second kappa shape index (κ2) is 33.5. The Morgan fingerprint density at radius 2 is 0.683 bits per heavy atom. The predicted octanol–water partition coefficient (Wildman–Crippen LogP) is 12.3. The zero-order chi connectivity index (χ0) is 57.7. The van der Waals surface area contributed by atoms with E-state index in [1.165, 1.54) is 0 Å². The van der Waals surface area contributed by atoms with Gasteiger partial charge >= 0.3 is 35.8 Å². The van der Waals surface area contributed by atoms with E-state index in [9.17, 15) is 28.8 Å². The minimum atomic E-state index is -0.499. The number of hydrogen-bond acceptors (Lipinski definition) is 16. The van der Waals surface area contributed by atoms with Crippen LogP contribution in [0.15, 0.2) is 133 Å². The van der Waals surface area contributed by atoms with Crippen molar-refractivity contribution in [2.24, 2.45) is 0 Å². The van der Waals surface area contributed by atoms with E-state index in [0.29, 0.717) is 112 Å². The number of hydrogen-bond donors (Lipinski definition) is 0. The number of carbonyl (C=O) groups excluding carboxylic acids is 6. The highest BCUT2D eigenvalue weighted by atomic mass is 32.2. The van der Waals surface area contributed by atoms with Gasteiger partial charge in [-0.05, 0) is 146 Å². The van der Waals surface area contributed by atoms with Crippen LogP contribution in [-0.4, -0.2) is 96.8 Å². The van der Waals surface area contributed by atoms with E-state index in [4.69, 9.17) is 27.3 Å². The van der Waals surface area contributed by atoms with Gasteiger partial charge in [-0.3, -0.25) is 0 Å². The van der Waals surface area contributed by atoms with Gasteiger partial charge in [-0.15, -0.1) is 0 Å². The van der Waals surface area contributed by atoms with Crippen LogP contribution >= 0.6 is 47.6 Å². The van der Waals surface area contributed by atoms with E-state index in [-0.39, 0.29) is 26.4 Å². The Morgan fingerprint density at radius 1 is 0.390 bits per heavy atom. The van der Waals surface area contributed by atoms with Gasteiger partial charge in [-0.25, -0.2) is 28.8 Å². The second-order valence-corrected chi connectivity index (χ2v) is 21.8. The number of esters is 4. The fourth-order valence-corrected chi connectivity index (χ4v) is 10.0. The van der Waals surface area contributed by atoms with Gasteiger partial charge in [-0.2, -0.15) is 23.5 Å². The van der Waals surface area contributed by atoms with Crippen LogP contribution in [0.1, 0.15) is 146 Å². The van der Waals surface area contributed by atoms with Crippen molar-refractivity contribution < 1.29 is 56.1 Å². The molecule has 16 heteroatoms. The van der Waals surface area contributed by atoms with Crippen LogP contribution in [-0.2, 0) is 27.3 Å². The normalized spacial score (nSPS) is 13.8. The lowest BCUT2D eigenvalue weighted by Crippen LogP contribution is -2.08. The first-order valence-corrected chi connectivity index (χ1v) is 30.5. The van der Waals surface area contributed by atoms with E-state index in [1.807, 2.05) is 13.8 Å². The first kappa shape index (κ1) is 61.4. The van der Waals surface area contributed by atoms with Gasteiger partial charge in [0.2, 0.25) is 0 Å². The first-order chi connectivity index (χ1) is 40.0. The molecule has 6 aromatic carbocycles. The molecule has 12 nitrogen and oxygen atoms in total. The summed E-state index contributed by atoms with van der Waals surface area (Å²) in [6.07, 6.45) is 3.20. The lowest BCUT2D eigenvalue weighted by atomic mass is 10.0. The standard InChI is InChI=1S/C66H56O12S4/c1-3-5-31-73-63(69)59-43-51-11-7-47-15-23-55(24-16-47)61(67)75-33-35-79-37-39-81-77-65(71)57-27-19-49(20-28-57)9-13-53-42-54(46-60(45-53)64(70)74-32-6-4-2)14-10-50-21-29-58(30-22-50)66(72)78-82-40-38-80-36-34-76-62(68)56-25-17-48(18-26-56)8-12-52(41-51)44-59/h15-30,41-46H,3-6,31-40H2,1-2H3. The van der Waals surface area contributed by atoms with E-state index >= 15 is 0 Å². The maximum absolute atomic E-state index is 13.1. The van der Waals surface area contributed by atoms with Crippen molar-refractivity contribution in [1.82, 2.24) is 0 Å². The van der Waals surface area contributed by atoms with Crippen molar-refractivity contribution in [3.05, 3.63) is 211 Å². The quantitative estimate of drug-likeness (QED) is 0.0465. The molecule has 0 atom stereocenters. The smallest absolute Gasteiger partial charge is 0.350 e. The summed E-state index contributed by atoms with van der Waals surface area (Å²) in [5.74, 6) is 25.3. The highest BCUT2D eigenvalue weighted by Crippen LogP contribution is 2.19. The van der Waals surface area contributed by atoms with E-state index in [2.05, 4.69) is 47.4 Å². The molecular weight excluding hydrogens is 1110 g/mol. The molecule has 13 rings (SSSR count). The molecular formula is C66H56O12S4. The summed E-state index contributed by atoms with van der Waals surface area (Å²) in [5, 5.41) is 0. The number of thioether (sulfide) groups is 2. The van der Waals surface area contributed by atoms with Crippen LogP contribution in [0, 0.1) is 47.4 Å². The third-order valence-electron chi connectivity index (χ3n) is 11.5. The summed E-state index contributed by atoms with van der Waals surface area (Å²) >= 11 is 5.18. The molecule has 82 heavy (non-hydrogen) atoms. The van der Waals surface area contributed by atoms with E-state index < -0.39 is 35.8 Å². The Bertz CT molecular complexity index is 3040. The summed E-state index contributed by atoms with van der Waals surface area (Å²) in [4.78, 5) is 77.5. The van der Waals surface area contributed by atoms with Crippen molar-refractivity contribution in [2.45, 2.75) is 39.5 Å². The number of ether oxygens (including phenoxy) is 4. The Hall–Kier alpha value is -8.22. The molecule has 0 amide bonds. The van der Waals surface area contributed by atoms with E-state index in [1.54, 1.807) is 157 Å². The molecule has 0 saturated carbocycles. The maximum atomic E-state index is 13.1. The molecule has 0 aliphatic carbocycles. The minimum absolute atomic E-state index is 0.189. The fourth-order valence-electron chi connectivity index (χ4n) is 7.13. The zero-order valence-corrected chi connectivity index (χ0v) is 48.4. The first-order valence-electron chi connectivity index (χ1n) is 26.3. The van der Waals surface area contributed by atoms with Crippen LogP contribution in [0.3, 0.4) is 0 Å². The topological polar surface area (TPSA) is 158 Å². The summed E-state index contributed by atoms with van der Waals surface area (Å²) in [5.41, 5.74) is 6.73. The van der Waals surface area contributed by atoms with Crippen molar-refractivity contribution in [1.29, 1.82) is 0 Å². The maximum Gasteiger partial charge on any atom is 0.350 e. The average Bonchev–Trinajstić information content (AvgIpc) is 3.50. The molecule has 7 heterocycles. The summed E-state index contributed by atoms with van der Waals surface area (Å²) in [7, 11) is 0. The molecule has 12 bridgehead atoms. The molecule has 0 N–H and O–H groups in total. The highest BCUT2D eigenvalue weighted by Gasteiger charge is 2.14. The SMILES string of the molecule is CCCCOC(=O)c1cc2cc(c1)C#Cc1ccc(cc1)C(=O)OCCSCCSOC(=O)c1ccc(cc1)C#Cc1cc(cc(C(=O)OCCCC)c1)C#Cc1ccc(cc1)C(=O)OSCCSCCOC(=O)c1ccc(cc1)C#C2. The van der Waals surface area contributed by atoms with E-state index in [0.717, 1.165) is 49.8 Å². The third kappa shape index (κ3) is 20.7. The second-order valence-electron chi connectivity index (χ2n) is 17.8.